The second-order valence-corrected chi connectivity index (χ2v) is 7.84. The summed E-state index contributed by atoms with van der Waals surface area (Å²) >= 11 is 0. The molecule has 0 aliphatic carbocycles. The molecule has 1 atom stereocenters. The first-order valence-electron chi connectivity index (χ1n) is 10.8. The summed E-state index contributed by atoms with van der Waals surface area (Å²) in [6.07, 6.45) is 1.57. The Kier molecular flexibility index (Phi) is 6.69. The van der Waals surface area contributed by atoms with Gasteiger partial charge in [0.15, 0.2) is 0 Å². The summed E-state index contributed by atoms with van der Waals surface area (Å²) in [6.45, 7) is 0.711. The zero-order chi connectivity index (χ0) is 23.2. The zero-order valence-corrected chi connectivity index (χ0v) is 18.1. The minimum absolute atomic E-state index is 0.123. The van der Waals surface area contributed by atoms with Crippen molar-refractivity contribution in [2.45, 2.75) is 25.4 Å². The van der Waals surface area contributed by atoms with Crippen LogP contribution in [0.15, 0.2) is 78.9 Å². The van der Waals surface area contributed by atoms with Crippen molar-refractivity contribution in [1.29, 1.82) is 0 Å². The average Bonchev–Trinajstić information content (AvgIpc) is 2.84. The van der Waals surface area contributed by atoms with Crippen LogP contribution in [0.1, 0.15) is 41.3 Å². The van der Waals surface area contributed by atoms with Gasteiger partial charge in [0.2, 0.25) is 17.9 Å². The summed E-state index contributed by atoms with van der Waals surface area (Å²) in [5, 5.41) is 2.89. The highest BCUT2D eigenvalue weighted by molar-refractivity contribution is 5.97. The molecule has 3 aromatic rings. The predicted molar refractivity (Wildman–Crippen MR) is 126 cm³/mol. The van der Waals surface area contributed by atoms with Gasteiger partial charge in [0.1, 0.15) is 5.75 Å². The van der Waals surface area contributed by atoms with Crippen LogP contribution in [0.25, 0.3) is 0 Å². The van der Waals surface area contributed by atoms with E-state index in [1.807, 2.05) is 42.5 Å². The van der Waals surface area contributed by atoms with E-state index in [0.717, 1.165) is 18.5 Å². The molecule has 1 fully saturated rings. The highest BCUT2D eigenvalue weighted by Crippen LogP contribution is 2.26. The van der Waals surface area contributed by atoms with Gasteiger partial charge in [-0.05, 0) is 61.4 Å². The van der Waals surface area contributed by atoms with Gasteiger partial charge in [-0.2, -0.15) is 0 Å². The van der Waals surface area contributed by atoms with Crippen LogP contribution in [0.3, 0.4) is 0 Å². The highest BCUT2D eigenvalue weighted by Gasteiger charge is 2.24. The van der Waals surface area contributed by atoms with Gasteiger partial charge in [0.25, 0.3) is 5.91 Å². The molecule has 0 spiro atoms. The monoisotopic (exact) mass is 443 g/mol. The molecule has 7 heteroatoms. The Bertz CT molecular complexity index is 1130. The minimum Gasteiger partial charge on any atom is -0.476 e. The van der Waals surface area contributed by atoms with Crippen LogP contribution in [0.4, 0.5) is 11.4 Å². The number of primary amides is 1. The molecule has 1 saturated heterocycles. The standard InChI is InChI=1S/C26H25N3O4/c27-25(31)19-9-15-22(16-10-19)33-24(18-6-2-1-3-7-18)26(32)28-20-11-13-21(14-12-20)29-17-5-4-8-23(29)30/h1-3,6-7,9-16,24H,4-5,8,17H2,(H2,27,31)(H,28,32). The number of nitrogens with zero attached hydrogens (tertiary/aromatic N) is 1. The Morgan fingerprint density at radius 3 is 2.24 bits per heavy atom. The van der Waals surface area contributed by atoms with Crippen LogP contribution in [0, 0.1) is 0 Å². The molecule has 4 rings (SSSR count). The van der Waals surface area contributed by atoms with E-state index in [2.05, 4.69) is 5.32 Å². The number of carbonyl (C=O) groups is 3. The molecular weight excluding hydrogens is 418 g/mol. The van der Waals surface area contributed by atoms with Crippen molar-refractivity contribution < 1.29 is 19.1 Å². The third kappa shape index (κ3) is 5.38. The molecule has 33 heavy (non-hydrogen) atoms. The first-order chi connectivity index (χ1) is 16.0. The van der Waals surface area contributed by atoms with E-state index in [9.17, 15) is 14.4 Å². The molecular formula is C26H25N3O4. The number of rotatable bonds is 7. The van der Waals surface area contributed by atoms with E-state index in [0.29, 0.717) is 35.5 Å². The molecule has 0 aromatic heterocycles. The van der Waals surface area contributed by atoms with Gasteiger partial charge >= 0.3 is 0 Å². The second kappa shape index (κ2) is 9.99. The maximum Gasteiger partial charge on any atom is 0.270 e. The maximum absolute atomic E-state index is 13.2. The second-order valence-electron chi connectivity index (χ2n) is 7.84. The molecule has 1 aliphatic heterocycles. The minimum atomic E-state index is -0.908. The van der Waals surface area contributed by atoms with Crippen LogP contribution in [0.5, 0.6) is 5.75 Å². The molecule has 3 N–H and O–H groups in total. The van der Waals surface area contributed by atoms with Crippen molar-refractivity contribution in [1.82, 2.24) is 0 Å². The smallest absolute Gasteiger partial charge is 0.270 e. The van der Waals surface area contributed by atoms with Crippen molar-refractivity contribution in [2.75, 3.05) is 16.8 Å². The van der Waals surface area contributed by atoms with Crippen LogP contribution in [-0.4, -0.2) is 24.3 Å². The number of piperidine rings is 1. The Morgan fingerprint density at radius 2 is 1.61 bits per heavy atom. The Hall–Kier alpha value is -4.13. The van der Waals surface area contributed by atoms with Crippen LogP contribution >= 0.6 is 0 Å². The van der Waals surface area contributed by atoms with Crippen LogP contribution < -0.4 is 20.7 Å². The van der Waals surface area contributed by atoms with Crippen molar-refractivity contribution in [2.24, 2.45) is 5.73 Å². The first kappa shape index (κ1) is 22.1. The van der Waals surface area contributed by atoms with Gasteiger partial charge in [-0.1, -0.05) is 30.3 Å². The Morgan fingerprint density at radius 1 is 0.909 bits per heavy atom. The third-order valence-corrected chi connectivity index (χ3v) is 5.50. The van der Waals surface area contributed by atoms with E-state index in [1.54, 1.807) is 41.3 Å². The fourth-order valence-electron chi connectivity index (χ4n) is 3.75. The molecule has 168 valence electrons. The predicted octanol–water partition coefficient (Wildman–Crippen LogP) is 4.06. The van der Waals surface area contributed by atoms with Crippen molar-refractivity contribution in [3.05, 3.63) is 90.0 Å². The largest absolute Gasteiger partial charge is 0.476 e. The van der Waals surface area contributed by atoms with Crippen LogP contribution in [-0.2, 0) is 9.59 Å². The lowest BCUT2D eigenvalue weighted by molar-refractivity contribution is -0.123. The number of nitrogens with two attached hydrogens (primary N) is 1. The SMILES string of the molecule is NC(=O)c1ccc(OC(C(=O)Nc2ccc(N3CCCCC3=O)cc2)c2ccccc2)cc1. The highest BCUT2D eigenvalue weighted by atomic mass is 16.5. The Labute approximate surface area is 192 Å². The average molecular weight is 444 g/mol. The lowest BCUT2D eigenvalue weighted by Crippen LogP contribution is -2.35. The summed E-state index contributed by atoms with van der Waals surface area (Å²) in [4.78, 5) is 38.4. The van der Waals surface area contributed by atoms with E-state index in [4.69, 9.17) is 10.5 Å². The van der Waals surface area contributed by atoms with E-state index >= 15 is 0 Å². The van der Waals surface area contributed by atoms with E-state index in [-0.39, 0.29) is 11.8 Å². The number of nitrogens with one attached hydrogen (secondary N) is 1. The number of anilines is 2. The number of amides is 3. The molecule has 1 unspecified atom stereocenters. The lowest BCUT2D eigenvalue weighted by Gasteiger charge is -2.27. The fourth-order valence-corrected chi connectivity index (χ4v) is 3.75. The molecule has 1 aliphatic rings. The normalized spacial score (nSPS) is 14.4. The topological polar surface area (TPSA) is 102 Å². The van der Waals surface area contributed by atoms with Gasteiger partial charge in [-0.3, -0.25) is 14.4 Å². The van der Waals surface area contributed by atoms with Gasteiger partial charge in [-0.15, -0.1) is 0 Å². The van der Waals surface area contributed by atoms with Crippen LogP contribution in [0.2, 0.25) is 0 Å². The summed E-state index contributed by atoms with van der Waals surface area (Å²) in [7, 11) is 0. The molecule has 7 nitrogen and oxygen atoms in total. The molecule has 1 heterocycles. The zero-order valence-electron chi connectivity index (χ0n) is 18.1. The molecule has 3 aromatic carbocycles. The summed E-state index contributed by atoms with van der Waals surface area (Å²) < 4.78 is 5.99. The third-order valence-electron chi connectivity index (χ3n) is 5.50. The van der Waals surface area contributed by atoms with Crippen molar-refractivity contribution >= 4 is 29.1 Å². The van der Waals surface area contributed by atoms with Gasteiger partial charge in [0.05, 0.1) is 0 Å². The quantitative estimate of drug-likeness (QED) is 0.575. The number of carbonyl (C=O) groups excluding carboxylic acids is 3. The molecule has 0 saturated carbocycles. The number of hydrogen-bond donors (Lipinski definition) is 2. The first-order valence-corrected chi connectivity index (χ1v) is 10.8. The summed E-state index contributed by atoms with van der Waals surface area (Å²) in [6, 6.07) is 22.7. The van der Waals surface area contributed by atoms with Crippen molar-refractivity contribution in [3.8, 4) is 5.75 Å². The molecule has 3 amide bonds. The lowest BCUT2D eigenvalue weighted by atomic mass is 10.1. The summed E-state index contributed by atoms with van der Waals surface area (Å²) in [5.74, 6) is -0.323. The van der Waals surface area contributed by atoms with Crippen molar-refractivity contribution in [3.63, 3.8) is 0 Å². The Balaban J connectivity index is 1.50. The van der Waals surface area contributed by atoms with Gasteiger partial charge < -0.3 is 20.7 Å². The van der Waals surface area contributed by atoms with Gasteiger partial charge in [0, 0.05) is 35.5 Å². The number of benzene rings is 3. The van der Waals surface area contributed by atoms with E-state index < -0.39 is 12.0 Å². The number of ether oxygens (including phenoxy) is 1. The number of hydrogen-bond acceptors (Lipinski definition) is 4. The summed E-state index contributed by atoms with van der Waals surface area (Å²) in [5.41, 5.74) is 7.75. The van der Waals surface area contributed by atoms with E-state index in [1.165, 1.54) is 0 Å². The molecule has 0 radical (unpaired) electrons. The van der Waals surface area contributed by atoms with Gasteiger partial charge in [-0.25, -0.2) is 0 Å². The fraction of sp³-hybridized carbons (Fsp3) is 0.192. The molecule has 0 bridgehead atoms. The maximum atomic E-state index is 13.2.